The molecule has 0 bridgehead atoms. The summed E-state index contributed by atoms with van der Waals surface area (Å²) in [6.45, 7) is 0. The van der Waals surface area contributed by atoms with Crippen molar-refractivity contribution in [3.63, 3.8) is 0 Å². The monoisotopic (exact) mass is 318 g/mol. The van der Waals surface area contributed by atoms with Crippen molar-refractivity contribution in [2.75, 3.05) is 0 Å². The summed E-state index contributed by atoms with van der Waals surface area (Å²) in [5, 5.41) is 4.30. The van der Waals surface area contributed by atoms with Crippen LogP contribution < -0.4 is 5.32 Å². The number of halogens is 2. The summed E-state index contributed by atoms with van der Waals surface area (Å²) in [4.78, 5) is 15.3. The SMILES string of the molecule is O=C(NC(Cl)c1cccc(Cl)c1)c1cc2ccccc2[nH]1. The molecular formula is C16H12Cl2N2O. The molecule has 3 rings (SSSR count). The van der Waals surface area contributed by atoms with Crippen LogP contribution in [0.2, 0.25) is 5.02 Å². The van der Waals surface area contributed by atoms with E-state index in [1.54, 1.807) is 24.3 Å². The van der Waals surface area contributed by atoms with E-state index in [0.717, 1.165) is 16.5 Å². The first kappa shape index (κ1) is 14.0. The van der Waals surface area contributed by atoms with Gasteiger partial charge in [0.05, 0.1) is 0 Å². The van der Waals surface area contributed by atoms with Gasteiger partial charge in [-0.2, -0.15) is 0 Å². The molecule has 0 fully saturated rings. The minimum Gasteiger partial charge on any atom is -0.351 e. The molecule has 3 nitrogen and oxygen atoms in total. The number of benzene rings is 2. The van der Waals surface area contributed by atoms with Gasteiger partial charge in [-0.3, -0.25) is 4.79 Å². The molecule has 0 aliphatic rings. The lowest BCUT2D eigenvalue weighted by atomic mass is 10.2. The summed E-state index contributed by atoms with van der Waals surface area (Å²) in [5.41, 5.74) is 1.50. The van der Waals surface area contributed by atoms with Crippen LogP contribution in [0.3, 0.4) is 0 Å². The second kappa shape index (κ2) is 5.80. The van der Waals surface area contributed by atoms with Gasteiger partial charge in [0.25, 0.3) is 5.91 Å². The van der Waals surface area contributed by atoms with E-state index in [0.29, 0.717) is 10.7 Å². The minimum absolute atomic E-state index is 0.258. The highest BCUT2D eigenvalue weighted by Crippen LogP contribution is 2.22. The molecule has 0 radical (unpaired) electrons. The Hall–Kier alpha value is -1.97. The van der Waals surface area contributed by atoms with Crippen molar-refractivity contribution >= 4 is 40.0 Å². The Bertz CT molecular complexity index is 765. The standard InChI is InChI=1S/C16H12Cl2N2O/c17-12-6-3-5-11(8-12)15(18)20-16(21)14-9-10-4-1-2-7-13(10)19-14/h1-9,15,19H,(H,20,21). The van der Waals surface area contributed by atoms with E-state index in [4.69, 9.17) is 23.2 Å². The van der Waals surface area contributed by atoms with Crippen LogP contribution >= 0.6 is 23.2 Å². The van der Waals surface area contributed by atoms with E-state index in [1.807, 2.05) is 30.3 Å². The number of rotatable bonds is 3. The third kappa shape index (κ3) is 3.04. The van der Waals surface area contributed by atoms with Crippen LogP contribution in [0.1, 0.15) is 21.6 Å². The maximum absolute atomic E-state index is 12.2. The van der Waals surface area contributed by atoms with Gasteiger partial charge in [-0.1, -0.05) is 53.5 Å². The molecule has 3 aromatic rings. The summed E-state index contributed by atoms with van der Waals surface area (Å²) in [6, 6.07) is 16.6. The van der Waals surface area contributed by atoms with Crippen molar-refractivity contribution in [3.05, 3.63) is 70.9 Å². The number of nitrogens with one attached hydrogen (secondary N) is 2. The quantitative estimate of drug-likeness (QED) is 0.542. The fourth-order valence-corrected chi connectivity index (χ4v) is 2.57. The van der Waals surface area contributed by atoms with Gasteiger partial charge in [0.15, 0.2) is 0 Å². The maximum Gasteiger partial charge on any atom is 0.269 e. The van der Waals surface area contributed by atoms with E-state index in [9.17, 15) is 4.79 Å². The molecular weight excluding hydrogens is 307 g/mol. The lowest BCUT2D eigenvalue weighted by molar-refractivity contribution is 0.0944. The number of hydrogen-bond donors (Lipinski definition) is 2. The molecule has 1 heterocycles. The van der Waals surface area contributed by atoms with Gasteiger partial charge in [0.1, 0.15) is 11.2 Å². The van der Waals surface area contributed by atoms with Crippen molar-refractivity contribution in [1.82, 2.24) is 10.3 Å². The Morgan fingerprint density at radius 2 is 1.90 bits per heavy atom. The van der Waals surface area contributed by atoms with Crippen molar-refractivity contribution < 1.29 is 4.79 Å². The molecule has 1 amide bonds. The zero-order valence-electron chi connectivity index (χ0n) is 10.9. The number of fused-ring (bicyclic) bond motifs is 1. The molecule has 0 spiro atoms. The lowest BCUT2D eigenvalue weighted by Gasteiger charge is -2.11. The fourth-order valence-electron chi connectivity index (χ4n) is 2.14. The number of alkyl halides is 1. The van der Waals surface area contributed by atoms with Gasteiger partial charge in [-0.15, -0.1) is 0 Å². The second-order valence-corrected chi connectivity index (χ2v) is 5.53. The molecule has 1 aromatic heterocycles. The van der Waals surface area contributed by atoms with Gasteiger partial charge in [-0.05, 0) is 29.8 Å². The Kier molecular flexibility index (Phi) is 3.86. The van der Waals surface area contributed by atoms with E-state index in [-0.39, 0.29) is 5.91 Å². The number of carbonyl (C=O) groups excluding carboxylic acids is 1. The zero-order chi connectivity index (χ0) is 14.8. The first-order valence-corrected chi connectivity index (χ1v) is 7.23. The van der Waals surface area contributed by atoms with Crippen LogP contribution in [-0.4, -0.2) is 10.9 Å². The third-order valence-corrected chi connectivity index (χ3v) is 3.77. The number of aromatic amines is 1. The Morgan fingerprint density at radius 1 is 1.10 bits per heavy atom. The van der Waals surface area contributed by atoms with Gasteiger partial charge in [0, 0.05) is 15.9 Å². The van der Waals surface area contributed by atoms with Crippen LogP contribution in [0, 0.1) is 0 Å². The van der Waals surface area contributed by atoms with Gasteiger partial charge >= 0.3 is 0 Å². The van der Waals surface area contributed by atoms with Crippen molar-refractivity contribution in [2.24, 2.45) is 0 Å². The number of H-pyrrole nitrogens is 1. The molecule has 21 heavy (non-hydrogen) atoms. The van der Waals surface area contributed by atoms with Crippen LogP contribution in [0.5, 0.6) is 0 Å². The first-order valence-electron chi connectivity index (χ1n) is 6.41. The topological polar surface area (TPSA) is 44.9 Å². The van der Waals surface area contributed by atoms with Gasteiger partial charge < -0.3 is 10.3 Å². The molecule has 5 heteroatoms. The van der Waals surface area contributed by atoms with Gasteiger partial charge in [0.2, 0.25) is 0 Å². The van der Waals surface area contributed by atoms with Gasteiger partial charge in [-0.25, -0.2) is 0 Å². The first-order chi connectivity index (χ1) is 10.1. The average Bonchev–Trinajstić information content (AvgIpc) is 2.91. The molecule has 0 aliphatic carbocycles. The molecule has 0 saturated carbocycles. The van der Waals surface area contributed by atoms with Crippen molar-refractivity contribution in [2.45, 2.75) is 5.50 Å². The summed E-state index contributed by atoms with van der Waals surface area (Å²) >= 11 is 12.1. The maximum atomic E-state index is 12.2. The predicted octanol–water partition coefficient (Wildman–Crippen LogP) is 4.49. The second-order valence-electron chi connectivity index (χ2n) is 4.66. The zero-order valence-corrected chi connectivity index (χ0v) is 12.4. The molecule has 2 aromatic carbocycles. The summed E-state index contributed by atoms with van der Waals surface area (Å²) in [5.74, 6) is -0.258. The average molecular weight is 319 g/mol. The third-order valence-electron chi connectivity index (χ3n) is 3.17. The largest absolute Gasteiger partial charge is 0.351 e. The fraction of sp³-hybridized carbons (Fsp3) is 0.0625. The minimum atomic E-state index is -0.636. The van der Waals surface area contributed by atoms with E-state index < -0.39 is 5.50 Å². The number of aromatic nitrogens is 1. The summed E-state index contributed by atoms with van der Waals surface area (Å²) in [7, 11) is 0. The smallest absolute Gasteiger partial charge is 0.269 e. The predicted molar refractivity (Wildman–Crippen MR) is 85.8 cm³/mol. The van der Waals surface area contributed by atoms with Crippen LogP contribution in [0.15, 0.2) is 54.6 Å². The molecule has 0 aliphatic heterocycles. The van der Waals surface area contributed by atoms with Crippen LogP contribution in [0.25, 0.3) is 10.9 Å². The molecule has 0 saturated heterocycles. The van der Waals surface area contributed by atoms with Crippen LogP contribution in [-0.2, 0) is 0 Å². The Labute approximate surface area is 131 Å². The van der Waals surface area contributed by atoms with E-state index in [2.05, 4.69) is 10.3 Å². The number of hydrogen-bond acceptors (Lipinski definition) is 1. The lowest BCUT2D eigenvalue weighted by Crippen LogP contribution is -2.25. The van der Waals surface area contributed by atoms with Crippen molar-refractivity contribution in [3.8, 4) is 0 Å². The highest BCUT2D eigenvalue weighted by atomic mass is 35.5. The molecule has 1 unspecified atom stereocenters. The highest BCUT2D eigenvalue weighted by Gasteiger charge is 2.15. The normalized spacial score (nSPS) is 12.3. The number of amides is 1. The molecule has 106 valence electrons. The van der Waals surface area contributed by atoms with E-state index >= 15 is 0 Å². The van der Waals surface area contributed by atoms with E-state index in [1.165, 1.54) is 0 Å². The number of carbonyl (C=O) groups is 1. The summed E-state index contributed by atoms with van der Waals surface area (Å²) < 4.78 is 0. The van der Waals surface area contributed by atoms with Crippen LogP contribution in [0.4, 0.5) is 0 Å². The molecule has 2 N–H and O–H groups in total. The Balaban J connectivity index is 1.79. The Morgan fingerprint density at radius 3 is 2.67 bits per heavy atom. The highest BCUT2D eigenvalue weighted by molar-refractivity contribution is 6.30. The molecule has 1 atom stereocenters. The number of para-hydroxylation sites is 1. The van der Waals surface area contributed by atoms with Crippen molar-refractivity contribution in [1.29, 1.82) is 0 Å². The summed E-state index contributed by atoms with van der Waals surface area (Å²) in [6.07, 6.45) is 0.